The molecular formula is C15H15BrN4OS. The second kappa shape index (κ2) is 5.48. The number of thiazole rings is 1. The van der Waals surface area contributed by atoms with E-state index in [1.54, 1.807) is 18.4 Å². The molecular weight excluding hydrogens is 364 g/mol. The van der Waals surface area contributed by atoms with Crippen LogP contribution in [0, 0.1) is 0 Å². The molecule has 0 spiro atoms. The monoisotopic (exact) mass is 378 g/mol. The molecule has 3 rings (SSSR count). The highest BCUT2D eigenvalue weighted by Crippen LogP contribution is 2.38. The summed E-state index contributed by atoms with van der Waals surface area (Å²) < 4.78 is 1.02. The van der Waals surface area contributed by atoms with Gasteiger partial charge in [-0.3, -0.25) is 9.69 Å². The van der Waals surface area contributed by atoms with Crippen LogP contribution in [-0.4, -0.2) is 28.8 Å². The molecule has 0 saturated heterocycles. The van der Waals surface area contributed by atoms with Crippen molar-refractivity contribution in [1.82, 2.24) is 9.88 Å². The number of carbonyl (C=O) groups excluding carboxylic acids is 1. The van der Waals surface area contributed by atoms with Gasteiger partial charge in [-0.25, -0.2) is 9.98 Å². The lowest BCUT2D eigenvalue weighted by Gasteiger charge is -2.31. The van der Waals surface area contributed by atoms with Crippen LogP contribution < -0.4 is 5.73 Å². The van der Waals surface area contributed by atoms with Gasteiger partial charge in [0.05, 0.1) is 11.3 Å². The molecule has 1 atom stereocenters. The number of rotatable bonds is 2. The number of nitrogens with zero attached hydrogens (tertiary/aromatic N) is 3. The smallest absolute Gasteiger partial charge is 0.231 e. The van der Waals surface area contributed by atoms with Gasteiger partial charge in [0.25, 0.3) is 0 Å². The molecule has 2 N–H and O–H groups in total. The van der Waals surface area contributed by atoms with E-state index in [1.807, 2.05) is 37.4 Å². The SMILES string of the molecule is CN1C(=O)C[C@@](C)(c2ncc(-c3cccc(Br)c3)s2)N=C1N. The van der Waals surface area contributed by atoms with E-state index in [1.165, 1.54) is 4.90 Å². The first kappa shape index (κ1) is 15.2. The number of hydrogen-bond donors (Lipinski definition) is 1. The van der Waals surface area contributed by atoms with Crippen molar-refractivity contribution < 1.29 is 4.79 Å². The molecule has 0 bridgehead atoms. The number of nitrogens with two attached hydrogens (primary N) is 1. The van der Waals surface area contributed by atoms with Crippen molar-refractivity contribution in [3.05, 3.63) is 39.9 Å². The fraction of sp³-hybridized carbons (Fsp3) is 0.267. The van der Waals surface area contributed by atoms with Crippen LogP contribution in [0.1, 0.15) is 18.4 Å². The predicted octanol–water partition coefficient (Wildman–Crippen LogP) is 2.96. The Kier molecular flexibility index (Phi) is 3.78. The number of hydrogen-bond acceptors (Lipinski definition) is 5. The van der Waals surface area contributed by atoms with Crippen molar-refractivity contribution >= 4 is 39.1 Å². The maximum Gasteiger partial charge on any atom is 0.231 e. The summed E-state index contributed by atoms with van der Waals surface area (Å²) in [5, 5.41) is 0.798. The summed E-state index contributed by atoms with van der Waals surface area (Å²) >= 11 is 5.01. The molecule has 0 radical (unpaired) electrons. The Morgan fingerprint density at radius 3 is 2.91 bits per heavy atom. The first-order valence-electron chi connectivity index (χ1n) is 6.73. The normalized spacial score (nSPS) is 21.9. The van der Waals surface area contributed by atoms with E-state index in [4.69, 9.17) is 5.73 Å². The van der Waals surface area contributed by atoms with Gasteiger partial charge in [-0.2, -0.15) is 0 Å². The lowest BCUT2D eigenvalue weighted by atomic mass is 9.97. The number of aliphatic imine (C=N–C) groups is 1. The summed E-state index contributed by atoms with van der Waals surface area (Å²) in [6.07, 6.45) is 2.09. The van der Waals surface area contributed by atoms with Gasteiger partial charge < -0.3 is 5.73 Å². The Morgan fingerprint density at radius 2 is 2.23 bits per heavy atom. The van der Waals surface area contributed by atoms with Gasteiger partial charge in [-0.05, 0) is 24.6 Å². The molecule has 0 saturated carbocycles. The number of aromatic nitrogens is 1. The van der Waals surface area contributed by atoms with Crippen molar-refractivity contribution in [2.45, 2.75) is 18.9 Å². The average molecular weight is 379 g/mol. The maximum atomic E-state index is 12.1. The molecule has 5 nitrogen and oxygen atoms in total. The number of carbonyl (C=O) groups is 1. The Hall–Kier alpha value is -1.73. The molecule has 1 aromatic heterocycles. The van der Waals surface area contributed by atoms with Gasteiger partial charge in [-0.1, -0.05) is 28.1 Å². The van der Waals surface area contributed by atoms with Gasteiger partial charge in [0.2, 0.25) is 5.91 Å². The summed E-state index contributed by atoms with van der Waals surface area (Å²) in [6, 6.07) is 8.03. The minimum Gasteiger partial charge on any atom is -0.369 e. The number of benzene rings is 1. The fourth-order valence-electron chi connectivity index (χ4n) is 2.33. The van der Waals surface area contributed by atoms with E-state index in [2.05, 4.69) is 25.9 Å². The minimum absolute atomic E-state index is 0.0470. The number of guanidine groups is 1. The van der Waals surface area contributed by atoms with E-state index in [9.17, 15) is 4.79 Å². The predicted molar refractivity (Wildman–Crippen MR) is 91.6 cm³/mol. The zero-order valence-electron chi connectivity index (χ0n) is 12.2. The Labute approximate surface area is 141 Å². The quantitative estimate of drug-likeness (QED) is 0.872. The van der Waals surface area contributed by atoms with Crippen molar-refractivity contribution in [2.75, 3.05) is 7.05 Å². The molecule has 0 aliphatic carbocycles. The topological polar surface area (TPSA) is 71.6 Å². The van der Waals surface area contributed by atoms with Crippen LogP contribution in [0.3, 0.4) is 0 Å². The van der Waals surface area contributed by atoms with Crippen LogP contribution in [0.2, 0.25) is 0 Å². The highest BCUT2D eigenvalue weighted by atomic mass is 79.9. The van der Waals surface area contributed by atoms with E-state index in [-0.39, 0.29) is 18.3 Å². The van der Waals surface area contributed by atoms with Crippen molar-refractivity contribution in [1.29, 1.82) is 0 Å². The van der Waals surface area contributed by atoms with Gasteiger partial charge in [0, 0.05) is 17.7 Å². The molecule has 114 valence electrons. The molecule has 1 aromatic carbocycles. The fourth-order valence-corrected chi connectivity index (χ4v) is 3.73. The molecule has 7 heteroatoms. The van der Waals surface area contributed by atoms with Crippen LogP contribution in [0.25, 0.3) is 10.4 Å². The maximum absolute atomic E-state index is 12.1. The second-order valence-electron chi connectivity index (χ2n) is 5.41. The largest absolute Gasteiger partial charge is 0.369 e. The van der Waals surface area contributed by atoms with Gasteiger partial charge >= 0.3 is 0 Å². The third-order valence-corrected chi connectivity index (χ3v) is 5.44. The van der Waals surface area contributed by atoms with Crippen molar-refractivity contribution in [3.8, 4) is 10.4 Å². The molecule has 2 aromatic rings. The lowest BCUT2D eigenvalue weighted by Crippen LogP contribution is -2.47. The van der Waals surface area contributed by atoms with Crippen LogP contribution in [-0.2, 0) is 10.3 Å². The first-order chi connectivity index (χ1) is 10.4. The number of amides is 1. The third kappa shape index (κ3) is 2.66. The molecule has 1 aliphatic heterocycles. The summed E-state index contributed by atoms with van der Waals surface area (Å²) in [4.78, 5) is 23.4. The Morgan fingerprint density at radius 1 is 1.45 bits per heavy atom. The second-order valence-corrected chi connectivity index (χ2v) is 7.36. The van der Waals surface area contributed by atoms with Gasteiger partial charge in [0.15, 0.2) is 5.96 Å². The highest BCUT2D eigenvalue weighted by Gasteiger charge is 2.38. The highest BCUT2D eigenvalue weighted by molar-refractivity contribution is 9.10. The number of halogens is 1. The van der Waals surface area contributed by atoms with Crippen LogP contribution in [0.4, 0.5) is 0 Å². The lowest BCUT2D eigenvalue weighted by molar-refractivity contribution is -0.128. The van der Waals surface area contributed by atoms with Crippen molar-refractivity contribution in [2.24, 2.45) is 10.7 Å². The molecule has 1 amide bonds. The van der Waals surface area contributed by atoms with Crippen LogP contribution in [0.5, 0.6) is 0 Å². The standard InChI is InChI=1S/C15H15BrN4OS/c1-15(7-12(21)20(2)14(17)19-15)13-18-8-11(22-13)9-4-3-5-10(16)6-9/h3-6,8H,7H2,1-2H3,(H2,17,19)/t15-/m0/s1. The third-order valence-electron chi connectivity index (χ3n) is 3.65. The summed E-state index contributed by atoms with van der Waals surface area (Å²) in [6.45, 7) is 1.90. The minimum atomic E-state index is -0.692. The zero-order valence-corrected chi connectivity index (χ0v) is 14.6. The molecule has 2 heterocycles. The summed E-state index contributed by atoms with van der Waals surface area (Å²) in [5.74, 6) is 0.187. The van der Waals surface area contributed by atoms with Crippen LogP contribution >= 0.6 is 27.3 Å². The first-order valence-corrected chi connectivity index (χ1v) is 8.34. The van der Waals surface area contributed by atoms with Gasteiger partial charge in [-0.15, -0.1) is 11.3 Å². The summed E-state index contributed by atoms with van der Waals surface area (Å²) in [5.41, 5.74) is 6.23. The Balaban J connectivity index is 1.99. The van der Waals surface area contributed by atoms with E-state index < -0.39 is 5.54 Å². The van der Waals surface area contributed by atoms with Crippen molar-refractivity contribution in [3.63, 3.8) is 0 Å². The molecule has 22 heavy (non-hydrogen) atoms. The van der Waals surface area contributed by atoms with Gasteiger partial charge in [0.1, 0.15) is 10.5 Å². The molecule has 1 aliphatic rings. The zero-order chi connectivity index (χ0) is 15.9. The average Bonchev–Trinajstić information content (AvgIpc) is 2.95. The van der Waals surface area contributed by atoms with E-state index in [0.29, 0.717) is 0 Å². The van der Waals surface area contributed by atoms with E-state index >= 15 is 0 Å². The molecule has 0 fully saturated rings. The van der Waals surface area contributed by atoms with Crippen LogP contribution in [0.15, 0.2) is 39.9 Å². The Bertz CT molecular complexity index is 772. The summed E-state index contributed by atoms with van der Waals surface area (Å²) in [7, 11) is 1.63. The molecule has 0 unspecified atom stereocenters. The van der Waals surface area contributed by atoms with E-state index in [0.717, 1.165) is 19.9 Å².